The lowest BCUT2D eigenvalue weighted by molar-refractivity contribution is -0.131. The van der Waals surface area contributed by atoms with Gasteiger partial charge in [-0.1, -0.05) is 13.8 Å². The summed E-state index contributed by atoms with van der Waals surface area (Å²) >= 11 is 0. The first-order valence-electron chi connectivity index (χ1n) is 4.94. The van der Waals surface area contributed by atoms with Gasteiger partial charge in [0.25, 0.3) is 0 Å². The Morgan fingerprint density at radius 2 is 1.92 bits per heavy atom. The minimum Gasteiger partial charge on any atom is -0.342 e. The van der Waals surface area contributed by atoms with E-state index in [2.05, 4.69) is 18.7 Å². The molecule has 76 valence electrons. The molecule has 0 N–H and O–H groups in total. The lowest BCUT2D eigenvalue weighted by atomic mass is 10.1. The molecule has 2 nitrogen and oxygen atoms in total. The predicted molar refractivity (Wildman–Crippen MR) is 58.0 cm³/mol. The third-order valence-corrected chi connectivity index (χ3v) is 2.91. The molecule has 0 spiro atoms. The molecule has 2 aliphatic rings. The highest BCUT2D eigenvalue weighted by Crippen LogP contribution is 2.45. The number of likely N-dealkylation sites (tertiary alicyclic amines) is 1. The summed E-state index contributed by atoms with van der Waals surface area (Å²) in [6, 6.07) is 0. The van der Waals surface area contributed by atoms with E-state index in [1.165, 1.54) is 6.42 Å². The summed E-state index contributed by atoms with van der Waals surface area (Å²) in [6.45, 7) is 6.32. The van der Waals surface area contributed by atoms with Crippen LogP contribution in [0, 0.1) is 17.8 Å². The van der Waals surface area contributed by atoms with E-state index >= 15 is 0 Å². The lowest BCUT2D eigenvalue weighted by Gasteiger charge is -2.18. The van der Waals surface area contributed by atoms with Gasteiger partial charge in [0, 0.05) is 19.5 Å². The zero-order chi connectivity index (χ0) is 8.72. The van der Waals surface area contributed by atoms with Crippen LogP contribution in [-0.4, -0.2) is 23.9 Å². The van der Waals surface area contributed by atoms with Gasteiger partial charge in [-0.05, 0) is 24.2 Å². The van der Waals surface area contributed by atoms with E-state index in [0.29, 0.717) is 11.8 Å². The van der Waals surface area contributed by atoms with Gasteiger partial charge in [0.1, 0.15) is 0 Å². The Labute approximate surface area is 87.1 Å². The van der Waals surface area contributed by atoms with Crippen LogP contribution in [0.5, 0.6) is 0 Å². The standard InChI is InChI=1S/C10H17NO.H2S/c1-7(2)3-10(12)11-5-8-4-9(8)6-11;/h7-9H,3-6H2,1-2H3;1H2. The number of carbonyl (C=O) groups excluding carboxylic acids is 1. The van der Waals surface area contributed by atoms with E-state index in [-0.39, 0.29) is 13.5 Å². The van der Waals surface area contributed by atoms with Crippen molar-refractivity contribution in [2.24, 2.45) is 17.8 Å². The fourth-order valence-electron chi connectivity index (χ4n) is 2.08. The summed E-state index contributed by atoms with van der Waals surface area (Å²) in [7, 11) is 0. The number of carbonyl (C=O) groups is 1. The summed E-state index contributed by atoms with van der Waals surface area (Å²) in [5.74, 6) is 2.63. The highest BCUT2D eigenvalue weighted by Gasteiger charge is 2.46. The Bertz CT molecular complexity index is 195. The van der Waals surface area contributed by atoms with Crippen LogP contribution >= 0.6 is 13.5 Å². The summed E-state index contributed by atoms with van der Waals surface area (Å²) in [5, 5.41) is 0. The molecule has 1 aliphatic heterocycles. The zero-order valence-electron chi connectivity index (χ0n) is 8.42. The SMILES string of the molecule is CC(C)CC(=O)N1CC2CC2C1.S. The molecule has 2 atom stereocenters. The summed E-state index contributed by atoms with van der Waals surface area (Å²) in [6.07, 6.45) is 2.12. The highest BCUT2D eigenvalue weighted by molar-refractivity contribution is 7.59. The van der Waals surface area contributed by atoms with Crippen molar-refractivity contribution in [2.75, 3.05) is 13.1 Å². The number of hydrogen-bond acceptors (Lipinski definition) is 1. The number of amides is 1. The Morgan fingerprint density at radius 1 is 1.38 bits per heavy atom. The van der Waals surface area contributed by atoms with Gasteiger partial charge >= 0.3 is 0 Å². The van der Waals surface area contributed by atoms with Crippen molar-refractivity contribution < 1.29 is 4.79 Å². The third kappa shape index (κ3) is 2.39. The summed E-state index contributed by atoms with van der Waals surface area (Å²) in [4.78, 5) is 13.6. The maximum Gasteiger partial charge on any atom is 0.222 e. The second-order valence-electron chi connectivity index (χ2n) is 4.65. The van der Waals surface area contributed by atoms with Crippen molar-refractivity contribution in [3.05, 3.63) is 0 Å². The number of piperidine rings is 1. The summed E-state index contributed by atoms with van der Waals surface area (Å²) < 4.78 is 0. The predicted octanol–water partition coefficient (Wildman–Crippen LogP) is 1.62. The van der Waals surface area contributed by atoms with Gasteiger partial charge in [-0.25, -0.2) is 0 Å². The number of nitrogens with zero attached hydrogens (tertiary/aromatic N) is 1. The molecule has 13 heavy (non-hydrogen) atoms. The van der Waals surface area contributed by atoms with Gasteiger partial charge in [0.2, 0.25) is 5.91 Å². The monoisotopic (exact) mass is 201 g/mol. The first-order chi connectivity index (χ1) is 5.66. The molecule has 2 rings (SSSR count). The number of rotatable bonds is 2. The van der Waals surface area contributed by atoms with E-state index in [1.807, 2.05) is 0 Å². The highest BCUT2D eigenvalue weighted by atomic mass is 32.1. The molecule has 2 unspecified atom stereocenters. The molecule has 0 bridgehead atoms. The van der Waals surface area contributed by atoms with Gasteiger partial charge in [-0.2, -0.15) is 13.5 Å². The van der Waals surface area contributed by atoms with Crippen molar-refractivity contribution in [1.82, 2.24) is 4.90 Å². The van der Waals surface area contributed by atoms with Crippen LogP contribution in [0.3, 0.4) is 0 Å². The molecular weight excluding hydrogens is 182 g/mol. The Morgan fingerprint density at radius 3 is 2.38 bits per heavy atom. The second-order valence-corrected chi connectivity index (χ2v) is 4.65. The molecule has 0 aromatic rings. The van der Waals surface area contributed by atoms with Crippen LogP contribution in [0.1, 0.15) is 26.7 Å². The van der Waals surface area contributed by atoms with Crippen molar-refractivity contribution in [3.8, 4) is 0 Å². The van der Waals surface area contributed by atoms with Crippen molar-refractivity contribution in [3.63, 3.8) is 0 Å². The minimum atomic E-state index is 0. The molecule has 1 aliphatic carbocycles. The molecule has 0 radical (unpaired) electrons. The quantitative estimate of drug-likeness (QED) is 0.665. The van der Waals surface area contributed by atoms with E-state index in [1.54, 1.807) is 0 Å². The number of hydrogen-bond donors (Lipinski definition) is 0. The molecule has 1 heterocycles. The van der Waals surface area contributed by atoms with Crippen molar-refractivity contribution in [2.45, 2.75) is 26.7 Å². The Kier molecular flexibility index (Phi) is 3.28. The molecule has 3 heteroatoms. The van der Waals surface area contributed by atoms with Crippen LogP contribution in [-0.2, 0) is 4.79 Å². The molecular formula is C10H19NOS. The second kappa shape index (κ2) is 3.91. The van der Waals surface area contributed by atoms with Gasteiger partial charge in [0.05, 0.1) is 0 Å². The molecule has 0 aromatic carbocycles. The molecule has 1 saturated heterocycles. The van der Waals surface area contributed by atoms with Crippen LogP contribution in [0.15, 0.2) is 0 Å². The smallest absolute Gasteiger partial charge is 0.222 e. The maximum absolute atomic E-state index is 11.5. The van der Waals surface area contributed by atoms with Gasteiger partial charge in [0.15, 0.2) is 0 Å². The fourth-order valence-corrected chi connectivity index (χ4v) is 2.08. The normalized spacial score (nSPS) is 29.9. The Balaban J connectivity index is 0.000000845. The number of fused-ring (bicyclic) bond motifs is 1. The van der Waals surface area contributed by atoms with Gasteiger partial charge < -0.3 is 4.90 Å². The largest absolute Gasteiger partial charge is 0.342 e. The fraction of sp³-hybridized carbons (Fsp3) is 0.900. The van der Waals surface area contributed by atoms with Crippen molar-refractivity contribution in [1.29, 1.82) is 0 Å². The topological polar surface area (TPSA) is 20.3 Å². The van der Waals surface area contributed by atoms with Crippen molar-refractivity contribution >= 4 is 19.4 Å². The van der Waals surface area contributed by atoms with Crippen LogP contribution in [0.25, 0.3) is 0 Å². The van der Waals surface area contributed by atoms with E-state index in [0.717, 1.165) is 31.3 Å². The molecule has 0 aromatic heterocycles. The molecule has 1 amide bonds. The Hall–Kier alpha value is -0.180. The molecule has 1 saturated carbocycles. The van der Waals surface area contributed by atoms with Crippen LogP contribution < -0.4 is 0 Å². The minimum absolute atomic E-state index is 0. The first kappa shape index (κ1) is 10.9. The van der Waals surface area contributed by atoms with Gasteiger partial charge in [-0.15, -0.1) is 0 Å². The van der Waals surface area contributed by atoms with E-state index in [9.17, 15) is 4.79 Å². The lowest BCUT2D eigenvalue weighted by Crippen LogP contribution is -2.30. The van der Waals surface area contributed by atoms with Crippen LogP contribution in [0.2, 0.25) is 0 Å². The van der Waals surface area contributed by atoms with Gasteiger partial charge in [-0.3, -0.25) is 4.79 Å². The molecule has 2 fully saturated rings. The van der Waals surface area contributed by atoms with E-state index < -0.39 is 0 Å². The van der Waals surface area contributed by atoms with Crippen LogP contribution in [0.4, 0.5) is 0 Å². The zero-order valence-corrected chi connectivity index (χ0v) is 9.42. The third-order valence-electron chi connectivity index (χ3n) is 2.91. The first-order valence-corrected chi connectivity index (χ1v) is 4.94. The average molecular weight is 201 g/mol. The average Bonchev–Trinajstić information content (AvgIpc) is 2.57. The van der Waals surface area contributed by atoms with E-state index in [4.69, 9.17) is 0 Å². The maximum atomic E-state index is 11.5. The summed E-state index contributed by atoms with van der Waals surface area (Å²) in [5.41, 5.74) is 0.